The molecule has 2 heteroatoms. The summed E-state index contributed by atoms with van der Waals surface area (Å²) in [6, 6.07) is 28.1. The second kappa shape index (κ2) is 5.52. The van der Waals surface area contributed by atoms with Crippen LogP contribution in [0.25, 0.3) is 11.1 Å². The van der Waals surface area contributed by atoms with Crippen molar-refractivity contribution in [2.45, 2.75) is 39.2 Å². The van der Waals surface area contributed by atoms with Crippen LogP contribution >= 0.6 is 0 Å². The Bertz CT molecular complexity index is 1160. The molecule has 0 unspecified atom stereocenters. The van der Waals surface area contributed by atoms with Crippen LogP contribution in [0.4, 0.5) is 17.1 Å². The van der Waals surface area contributed by atoms with Crippen LogP contribution in [-0.4, -0.2) is 16.6 Å². The highest BCUT2D eigenvalue weighted by Crippen LogP contribution is 2.49. The molecule has 5 rings (SSSR count). The molecule has 0 fully saturated rings. The molecule has 0 bridgehead atoms. The number of rotatable bonds is 2. The van der Waals surface area contributed by atoms with Gasteiger partial charge in [0.25, 0.3) is 11.4 Å². The monoisotopic (exact) mass is 352 g/mol. The highest BCUT2D eigenvalue weighted by molar-refractivity contribution is 5.83. The van der Waals surface area contributed by atoms with Gasteiger partial charge in [-0.1, -0.05) is 54.8 Å². The van der Waals surface area contributed by atoms with Gasteiger partial charge in [-0.15, -0.1) is 0 Å². The second-order valence-corrected chi connectivity index (χ2v) is 8.29. The van der Waals surface area contributed by atoms with E-state index in [9.17, 15) is 0 Å². The highest BCUT2D eigenvalue weighted by Gasteiger charge is 2.39. The van der Waals surface area contributed by atoms with E-state index in [0.717, 1.165) is 0 Å². The summed E-state index contributed by atoms with van der Waals surface area (Å²) < 4.78 is 4.43. The Morgan fingerprint density at radius 2 is 1.44 bits per heavy atom. The fourth-order valence-corrected chi connectivity index (χ4v) is 4.49. The minimum atomic E-state index is 0.0128. The predicted octanol–water partition coefficient (Wildman–Crippen LogP) is 6.07. The van der Waals surface area contributed by atoms with Crippen molar-refractivity contribution in [1.82, 2.24) is 4.58 Å². The van der Waals surface area contributed by atoms with E-state index >= 15 is 0 Å². The Morgan fingerprint density at radius 1 is 0.778 bits per heavy atom. The standard InChI is InChI=1S/C25H24N2/c1-17(2)26-16-27(24-12-8-7-11-23(24)26)18-13-14-20-19-9-5-6-10-21(19)25(3,4)22(20)15-18/h5-15,17H,1-4H3/q+2. The first kappa shape index (κ1) is 16.2. The zero-order valence-electron chi connectivity index (χ0n) is 16.3. The Balaban J connectivity index is 1.72. The van der Waals surface area contributed by atoms with Gasteiger partial charge in [-0.25, -0.2) is 0 Å². The van der Waals surface area contributed by atoms with Crippen LogP contribution in [-0.2, 0) is 5.41 Å². The van der Waals surface area contributed by atoms with Crippen molar-refractivity contribution >= 4 is 23.1 Å². The lowest BCUT2D eigenvalue weighted by Gasteiger charge is -2.21. The summed E-state index contributed by atoms with van der Waals surface area (Å²) in [4.78, 5) is 0. The average Bonchev–Trinajstić information content (AvgIpc) is 3.17. The Hall–Kier alpha value is -2.96. The third-order valence-corrected chi connectivity index (χ3v) is 5.93. The summed E-state index contributed by atoms with van der Waals surface area (Å²) in [7, 11) is 0. The molecule has 0 N–H and O–H groups in total. The maximum atomic E-state index is 3.58. The number of hydrogen-bond donors (Lipinski definition) is 0. The highest BCUT2D eigenvalue weighted by atomic mass is 15.2. The topological polar surface area (TPSA) is 6.02 Å². The summed E-state index contributed by atoms with van der Waals surface area (Å²) in [5.41, 5.74) is 9.12. The summed E-state index contributed by atoms with van der Waals surface area (Å²) >= 11 is 0. The second-order valence-electron chi connectivity index (χ2n) is 8.29. The van der Waals surface area contributed by atoms with Crippen LogP contribution in [0.15, 0.2) is 66.7 Å². The molecule has 27 heavy (non-hydrogen) atoms. The van der Waals surface area contributed by atoms with Gasteiger partial charge < -0.3 is 0 Å². The van der Waals surface area contributed by atoms with Crippen LogP contribution in [0.5, 0.6) is 0 Å². The first-order valence-electron chi connectivity index (χ1n) is 9.67. The number of para-hydroxylation sites is 2. The Labute approximate surface area is 160 Å². The van der Waals surface area contributed by atoms with Crippen molar-refractivity contribution in [3.8, 4) is 11.1 Å². The minimum Gasteiger partial charge on any atom is -0.0846 e. The van der Waals surface area contributed by atoms with E-state index in [1.54, 1.807) is 0 Å². The van der Waals surface area contributed by atoms with Crippen LogP contribution in [0.2, 0.25) is 0 Å². The van der Waals surface area contributed by atoms with Crippen LogP contribution in [0.1, 0.15) is 38.8 Å². The van der Waals surface area contributed by atoms with Crippen molar-refractivity contribution in [2.24, 2.45) is 0 Å². The first-order valence-corrected chi connectivity index (χ1v) is 9.67. The van der Waals surface area contributed by atoms with E-state index in [1.165, 1.54) is 39.3 Å². The lowest BCUT2D eigenvalue weighted by Crippen LogP contribution is -2.15. The lowest BCUT2D eigenvalue weighted by atomic mass is 9.82. The molecule has 0 amide bonds. The third kappa shape index (κ3) is 2.20. The smallest absolute Gasteiger partial charge is 0.0846 e. The maximum absolute atomic E-state index is 3.58. The fraction of sp³-hybridized carbons (Fsp3) is 0.240. The van der Waals surface area contributed by atoms with Gasteiger partial charge in [0.05, 0.1) is 0 Å². The summed E-state index contributed by atoms with van der Waals surface area (Å²) in [6.45, 7) is 9.06. The summed E-state index contributed by atoms with van der Waals surface area (Å²) in [5.74, 6) is 0. The molecule has 2 aliphatic rings. The Kier molecular flexibility index (Phi) is 3.32. The van der Waals surface area contributed by atoms with Gasteiger partial charge in [0.2, 0.25) is 5.69 Å². The number of fused-ring (bicyclic) bond motifs is 4. The van der Waals surface area contributed by atoms with E-state index in [1.807, 2.05) is 0 Å². The summed E-state index contributed by atoms with van der Waals surface area (Å²) in [6.07, 6.45) is 0. The molecule has 1 heterocycles. The maximum Gasteiger partial charge on any atom is 0.496 e. The largest absolute Gasteiger partial charge is 0.496 e. The molecular weight excluding hydrogens is 328 g/mol. The normalized spacial score (nSPS) is 15.9. The predicted molar refractivity (Wildman–Crippen MR) is 112 cm³/mol. The van der Waals surface area contributed by atoms with Gasteiger partial charge in [0.1, 0.15) is 0 Å². The van der Waals surface area contributed by atoms with Gasteiger partial charge in [0.15, 0.2) is 6.04 Å². The van der Waals surface area contributed by atoms with Crippen molar-refractivity contribution in [1.29, 1.82) is 0 Å². The number of hydrogen-bond acceptors (Lipinski definition) is 0. The van der Waals surface area contributed by atoms with E-state index in [2.05, 4.69) is 110 Å². The van der Waals surface area contributed by atoms with E-state index < -0.39 is 0 Å². The van der Waals surface area contributed by atoms with E-state index in [0.29, 0.717) is 6.04 Å². The van der Waals surface area contributed by atoms with E-state index in [-0.39, 0.29) is 5.41 Å². The van der Waals surface area contributed by atoms with Crippen LogP contribution in [0.3, 0.4) is 0 Å². The summed E-state index contributed by atoms with van der Waals surface area (Å²) in [5, 5.41) is 0. The molecular formula is C25H24N2+2. The van der Waals surface area contributed by atoms with E-state index in [4.69, 9.17) is 0 Å². The molecule has 1 aliphatic heterocycles. The SMILES string of the molecule is CC(C)[N+]1=C=[N+](c2ccc3c(c2)C(C)(C)c2ccccc2-3)c2ccccc21. The Morgan fingerprint density at radius 3 is 2.22 bits per heavy atom. The third-order valence-electron chi connectivity index (χ3n) is 5.93. The molecule has 3 aromatic rings. The molecule has 0 saturated heterocycles. The quantitative estimate of drug-likeness (QED) is 0.494. The molecule has 0 saturated carbocycles. The van der Waals surface area contributed by atoms with Gasteiger partial charge in [-0.3, -0.25) is 0 Å². The average molecular weight is 352 g/mol. The molecule has 2 nitrogen and oxygen atoms in total. The number of nitrogens with zero attached hydrogens (tertiary/aromatic N) is 2. The molecule has 0 aromatic heterocycles. The molecule has 132 valence electrons. The minimum absolute atomic E-state index is 0.0128. The molecule has 0 spiro atoms. The molecule has 1 aliphatic carbocycles. The van der Waals surface area contributed by atoms with Crippen molar-refractivity contribution in [3.63, 3.8) is 0 Å². The van der Waals surface area contributed by atoms with Gasteiger partial charge in [-0.05, 0) is 46.7 Å². The zero-order valence-corrected chi connectivity index (χ0v) is 16.3. The van der Waals surface area contributed by atoms with Crippen LogP contribution < -0.4 is 4.58 Å². The molecule has 0 radical (unpaired) electrons. The van der Waals surface area contributed by atoms with Gasteiger partial charge in [0, 0.05) is 29.7 Å². The van der Waals surface area contributed by atoms with Crippen LogP contribution in [0, 0.1) is 0 Å². The fourth-order valence-electron chi connectivity index (χ4n) is 4.49. The van der Waals surface area contributed by atoms with Gasteiger partial charge in [-0.2, -0.15) is 0 Å². The van der Waals surface area contributed by atoms with Gasteiger partial charge >= 0.3 is 6.01 Å². The van der Waals surface area contributed by atoms with Crippen molar-refractivity contribution in [2.75, 3.05) is 0 Å². The molecule has 0 atom stereocenters. The first-order chi connectivity index (χ1) is 13.0. The molecule has 3 aromatic carbocycles. The van der Waals surface area contributed by atoms with Crippen molar-refractivity contribution < 1.29 is 4.58 Å². The lowest BCUT2D eigenvalue weighted by molar-refractivity contribution is -0.466. The zero-order chi connectivity index (χ0) is 18.8. The van der Waals surface area contributed by atoms with Crippen molar-refractivity contribution in [3.05, 3.63) is 77.9 Å². The number of benzene rings is 3.